The van der Waals surface area contributed by atoms with Crippen molar-refractivity contribution in [3.05, 3.63) is 0 Å². The molecular weight excluding hydrogens is 397 g/mol. The standard InChI is InChI=1S/C20H42NO6P.H2O/c1-5-6-7-8-9-10-11-14-25-15-12-13-16-26-28(24)27-19(17-20(22)23)18-21(2,3)4;/h19,24H,5-18H2,1-4H3;1H2/t19?,28-;/m0./s1. The maximum atomic E-state index is 10.9. The van der Waals surface area contributed by atoms with Crippen LogP contribution in [0.25, 0.3) is 0 Å². The van der Waals surface area contributed by atoms with Crippen LogP contribution < -0.4 is 0 Å². The highest BCUT2D eigenvalue weighted by molar-refractivity contribution is 7.40. The van der Waals surface area contributed by atoms with Gasteiger partial charge < -0.3 is 33.7 Å². The molecule has 2 atom stereocenters. The van der Waals surface area contributed by atoms with E-state index in [1.807, 2.05) is 21.1 Å². The molecule has 0 aliphatic carbocycles. The van der Waals surface area contributed by atoms with Gasteiger partial charge in [0, 0.05) is 13.2 Å². The number of hydrogen-bond acceptors (Lipinski definition) is 6. The molecule has 0 saturated heterocycles. The molecule has 0 aromatic carbocycles. The van der Waals surface area contributed by atoms with Crippen molar-refractivity contribution in [1.29, 1.82) is 0 Å². The number of unbranched alkanes of at least 4 members (excludes halogenated alkanes) is 7. The topological polar surface area (TPSA) is 115 Å². The van der Waals surface area contributed by atoms with Crippen molar-refractivity contribution in [2.24, 2.45) is 0 Å². The molecular formula is C20H44NO7P. The van der Waals surface area contributed by atoms with Crippen molar-refractivity contribution in [2.45, 2.75) is 77.2 Å². The number of carboxylic acids is 1. The molecule has 0 aromatic heterocycles. The molecule has 0 amide bonds. The van der Waals surface area contributed by atoms with Gasteiger partial charge in [-0.3, -0.25) is 4.79 Å². The first-order valence-electron chi connectivity index (χ1n) is 10.6. The van der Waals surface area contributed by atoms with Crippen LogP contribution in [0.5, 0.6) is 0 Å². The van der Waals surface area contributed by atoms with Gasteiger partial charge in [0.25, 0.3) is 0 Å². The molecule has 176 valence electrons. The Hall–Kier alpha value is -0.340. The summed E-state index contributed by atoms with van der Waals surface area (Å²) in [6, 6.07) is 0. The summed E-state index contributed by atoms with van der Waals surface area (Å²) in [5.41, 5.74) is 0. The average molecular weight is 442 g/mol. The fraction of sp³-hybridized carbons (Fsp3) is 0.950. The number of nitrogens with zero attached hydrogens (tertiary/aromatic N) is 1. The van der Waals surface area contributed by atoms with Crippen LogP contribution in [-0.4, -0.2) is 79.5 Å². The lowest BCUT2D eigenvalue weighted by molar-refractivity contribution is -0.873. The van der Waals surface area contributed by atoms with E-state index >= 15 is 0 Å². The summed E-state index contributed by atoms with van der Waals surface area (Å²) < 4.78 is 16.9. The Balaban J connectivity index is 0. The molecule has 0 radical (unpaired) electrons. The minimum absolute atomic E-state index is 0. The number of ether oxygens (including phenoxy) is 1. The summed E-state index contributed by atoms with van der Waals surface area (Å²) >= 11 is 0. The summed E-state index contributed by atoms with van der Waals surface area (Å²) in [5.74, 6) is -0.944. The second kappa shape index (κ2) is 19.6. The summed E-state index contributed by atoms with van der Waals surface area (Å²) in [5, 5.41) is 8.98. The van der Waals surface area contributed by atoms with E-state index in [0.717, 1.165) is 25.9 Å². The lowest BCUT2D eigenvalue weighted by Crippen LogP contribution is -2.42. The molecule has 0 saturated carbocycles. The second-order valence-electron chi connectivity index (χ2n) is 8.31. The van der Waals surface area contributed by atoms with E-state index < -0.39 is 20.7 Å². The number of likely N-dealkylation sites (N-methyl/N-ethyl adjacent to an activating group) is 1. The normalized spacial score (nSPS) is 13.7. The van der Waals surface area contributed by atoms with Crippen LogP contribution in [-0.2, 0) is 18.6 Å². The van der Waals surface area contributed by atoms with Crippen LogP contribution in [0.1, 0.15) is 71.1 Å². The first kappa shape index (κ1) is 30.9. The number of rotatable bonds is 20. The van der Waals surface area contributed by atoms with Gasteiger partial charge in [-0.15, -0.1) is 0 Å². The summed E-state index contributed by atoms with van der Waals surface area (Å²) in [4.78, 5) is 20.8. The fourth-order valence-corrected chi connectivity index (χ4v) is 3.55. The van der Waals surface area contributed by atoms with E-state index in [0.29, 0.717) is 24.2 Å². The number of carbonyl (C=O) groups is 1. The monoisotopic (exact) mass is 441 g/mol. The predicted molar refractivity (Wildman–Crippen MR) is 115 cm³/mol. The van der Waals surface area contributed by atoms with Crippen molar-refractivity contribution in [3.8, 4) is 0 Å². The molecule has 3 N–H and O–H groups in total. The molecule has 0 heterocycles. The third-order valence-electron chi connectivity index (χ3n) is 4.17. The van der Waals surface area contributed by atoms with E-state index in [9.17, 15) is 9.69 Å². The number of quaternary nitrogens is 1. The average Bonchev–Trinajstić information content (AvgIpc) is 2.56. The molecule has 0 fully saturated rings. The lowest BCUT2D eigenvalue weighted by Gasteiger charge is -2.29. The summed E-state index contributed by atoms with van der Waals surface area (Å²) in [6.45, 7) is 4.61. The first-order chi connectivity index (χ1) is 13.2. The van der Waals surface area contributed by atoms with Crippen LogP contribution in [0.15, 0.2) is 0 Å². The van der Waals surface area contributed by atoms with Crippen molar-refractivity contribution < 1.29 is 38.5 Å². The number of carboxylic acid groups (broad SMARTS) is 1. The molecule has 0 rings (SSSR count). The zero-order valence-corrected chi connectivity index (χ0v) is 19.7. The SMILES string of the molecule is CCCCCCCCCOCCCCO[P@](O)OC(CC(=O)O)C[N+](C)(C)C.[OH-]. The maximum Gasteiger partial charge on any atom is 0.330 e. The van der Waals surface area contributed by atoms with E-state index in [4.69, 9.17) is 18.9 Å². The lowest BCUT2D eigenvalue weighted by atomic mass is 10.1. The largest absolute Gasteiger partial charge is 0.870 e. The Labute approximate surface area is 178 Å². The molecule has 0 aromatic rings. The van der Waals surface area contributed by atoms with Gasteiger partial charge in [0.05, 0.1) is 34.2 Å². The maximum absolute atomic E-state index is 10.9. The second-order valence-corrected chi connectivity index (χ2v) is 9.25. The third kappa shape index (κ3) is 23.8. The van der Waals surface area contributed by atoms with Gasteiger partial charge in [-0.2, -0.15) is 0 Å². The molecule has 0 spiro atoms. The Kier molecular flexibility index (Phi) is 20.9. The first-order valence-corrected chi connectivity index (χ1v) is 11.8. The highest BCUT2D eigenvalue weighted by atomic mass is 31.2. The molecule has 1 unspecified atom stereocenters. The van der Waals surface area contributed by atoms with Gasteiger partial charge in [0.2, 0.25) is 0 Å². The Morgan fingerprint density at radius 2 is 1.45 bits per heavy atom. The Bertz CT molecular complexity index is 380. The number of aliphatic carboxylic acids is 1. The van der Waals surface area contributed by atoms with Gasteiger partial charge in [0.15, 0.2) is 0 Å². The fourth-order valence-electron chi connectivity index (χ4n) is 2.81. The van der Waals surface area contributed by atoms with Gasteiger partial charge in [0.1, 0.15) is 12.6 Å². The van der Waals surface area contributed by atoms with Crippen molar-refractivity contribution in [3.63, 3.8) is 0 Å². The molecule has 8 nitrogen and oxygen atoms in total. The Morgan fingerprint density at radius 1 is 0.931 bits per heavy atom. The smallest absolute Gasteiger partial charge is 0.330 e. The minimum Gasteiger partial charge on any atom is -0.870 e. The van der Waals surface area contributed by atoms with Gasteiger partial charge in [-0.05, 0) is 19.3 Å². The van der Waals surface area contributed by atoms with Crippen molar-refractivity contribution in [2.75, 3.05) is 47.5 Å². The third-order valence-corrected chi connectivity index (χ3v) is 5.05. The molecule has 0 aliphatic heterocycles. The summed E-state index contributed by atoms with van der Waals surface area (Å²) in [7, 11) is 3.79. The molecule has 29 heavy (non-hydrogen) atoms. The van der Waals surface area contributed by atoms with Crippen molar-refractivity contribution >= 4 is 14.6 Å². The van der Waals surface area contributed by atoms with Gasteiger partial charge in [-0.25, -0.2) is 0 Å². The van der Waals surface area contributed by atoms with E-state index in [1.165, 1.54) is 38.5 Å². The minimum atomic E-state index is -2.06. The highest BCUT2D eigenvalue weighted by Gasteiger charge is 2.25. The molecule has 0 aliphatic rings. The van der Waals surface area contributed by atoms with Crippen LogP contribution in [0.4, 0.5) is 0 Å². The highest BCUT2D eigenvalue weighted by Crippen LogP contribution is 2.35. The van der Waals surface area contributed by atoms with Crippen molar-refractivity contribution in [1.82, 2.24) is 0 Å². The van der Waals surface area contributed by atoms with Gasteiger partial charge in [-0.1, -0.05) is 45.4 Å². The van der Waals surface area contributed by atoms with E-state index in [2.05, 4.69) is 6.92 Å². The zero-order chi connectivity index (χ0) is 21.3. The van der Waals surface area contributed by atoms with Crippen LogP contribution in [0, 0.1) is 0 Å². The molecule has 0 bridgehead atoms. The van der Waals surface area contributed by atoms with Gasteiger partial charge >= 0.3 is 14.6 Å². The van der Waals surface area contributed by atoms with Crippen LogP contribution in [0.3, 0.4) is 0 Å². The predicted octanol–water partition coefficient (Wildman–Crippen LogP) is 4.16. The zero-order valence-electron chi connectivity index (χ0n) is 18.8. The van der Waals surface area contributed by atoms with E-state index in [-0.39, 0.29) is 11.9 Å². The van der Waals surface area contributed by atoms with Crippen LogP contribution in [0.2, 0.25) is 0 Å². The number of hydrogen-bond donors (Lipinski definition) is 2. The quantitative estimate of drug-likeness (QED) is 0.166. The molecule has 9 heteroatoms. The van der Waals surface area contributed by atoms with E-state index in [1.54, 1.807) is 0 Å². The Morgan fingerprint density at radius 3 is 2.00 bits per heavy atom. The van der Waals surface area contributed by atoms with Crippen LogP contribution >= 0.6 is 8.60 Å². The summed E-state index contributed by atoms with van der Waals surface area (Å²) in [6.07, 6.45) is 9.90.